The predicted octanol–water partition coefficient (Wildman–Crippen LogP) is 5.99. The first-order chi connectivity index (χ1) is 13.0. The zero-order valence-electron chi connectivity index (χ0n) is 17.6. The van der Waals surface area contributed by atoms with Crippen molar-refractivity contribution >= 4 is 22.5 Å². The number of carbonyl (C=O) groups excluding carboxylic acids is 2. The lowest BCUT2D eigenvalue weighted by atomic mass is 9.86. The molecule has 27 heavy (non-hydrogen) atoms. The molecule has 1 N–H and O–H groups in total. The molecule has 1 unspecified atom stereocenters. The average molecular weight is 368 g/mol. The van der Waals surface area contributed by atoms with E-state index in [1.807, 2.05) is 52.8 Å². The van der Waals surface area contributed by atoms with E-state index in [-0.39, 0.29) is 17.6 Å². The third-order valence-electron chi connectivity index (χ3n) is 4.66. The standard InChI is InChI=1S/C20H21NO2.2C2H6/c1-12-7-9-15(11-16-10-8-13(2)21-20(16)23)19-17(12)5-4-6-18(19)14(3)22;2*1-2/h4-7,9,16H,2,8,10-11H2,1,3H3,(H,21,23);2*1-2H3. The van der Waals surface area contributed by atoms with E-state index in [0.717, 1.165) is 46.0 Å². The van der Waals surface area contributed by atoms with E-state index in [1.54, 1.807) is 6.92 Å². The number of rotatable bonds is 3. The quantitative estimate of drug-likeness (QED) is 0.678. The number of ketones is 1. The second kappa shape index (κ2) is 10.7. The molecule has 0 bridgehead atoms. The van der Waals surface area contributed by atoms with Gasteiger partial charge in [0.15, 0.2) is 5.78 Å². The molecule has 1 fully saturated rings. The number of allylic oxidation sites excluding steroid dienone is 1. The van der Waals surface area contributed by atoms with Crippen LogP contribution in [0.2, 0.25) is 0 Å². The van der Waals surface area contributed by atoms with Crippen LogP contribution in [0.1, 0.15) is 68.9 Å². The highest BCUT2D eigenvalue weighted by Gasteiger charge is 2.25. The van der Waals surface area contributed by atoms with Crippen LogP contribution in [-0.2, 0) is 11.2 Å². The third kappa shape index (κ3) is 5.29. The molecule has 146 valence electrons. The van der Waals surface area contributed by atoms with Crippen molar-refractivity contribution in [3.05, 3.63) is 59.3 Å². The molecule has 0 aromatic heterocycles. The Morgan fingerprint density at radius 2 is 1.81 bits per heavy atom. The number of hydrogen-bond donors (Lipinski definition) is 1. The lowest BCUT2D eigenvalue weighted by Crippen LogP contribution is -2.35. The van der Waals surface area contributed by atoms with Crippen LogP contribution in [0.5, 0.6) is 0 Å². The minimum atomic E-state index is -0.0635. The Hall–Kier alpha value is -2.42. The fourth-order valence-corrected chi connectivity index (χ4v) is 3.37. The van der Waals surface area contributed by atoms with Crippen LogP contribution in [0.15, 0.2) is 42.6 Å². The molecule has 2 aromatic rings. The molecule has 1 amide bonds. The van der Waals surface area contributed by atoms with Gasteiger partial charge in [-0.25, -0.2) is 0 Å². The Balaban J connectivity index is 0.000000855. The van der Waals surface area contributed by atoms with Gasteiger partial charge in [0.2, 0.25) is 5.91 Å². The first-order valence-electron chi connectivity index (χ1n) is 9.98. The number of Topliss-reactive ketones (excluding diaryl/α,β-unsaturated/α-hetero) is 1. The minimum Gasteiger partial charge on any atom is -0.330 e. The second-order valence-electron chi connectivity index (χ2n) is 6.36. The zero-order valence-corrected chi connectivity index (χ0v) is 17.6. The van der Waals surface area contributed by atoms with Crippen LogP contribution in [0.3, 0.4) is 0 Å². The van der Waals surface area contributed by atoms with Gasteiger partial charge < -0.3 is 5.32 Å². The van der Waals surface area contributed by atoms with Crippen LogP contribution in [-0.4, -0.2) is 11.7 Å². The van der Waals surface area contributed by atoms with Gasteiger partial charge in [0.1, 0.15) is 0 Å². The molecule has 0 saturated carbocycles. The lowest BCUT2D eigenvalue weighted by Gasteiger charge is -2.24. The molecule has 3 nitrogen and oxygen atoms in total. The van der Waals surface area contributed by atoms with Gasteiger partial charge in [-0.15, -0.1) is 0 Å². The van der Waals surface area contributed by atoms with Crippen molar-refractivity contribution in [2.75, 3.05) is 0 Å². The van der Waals surface area contributed by atoms with E-state index >= 15 is 0 Å². The van der Waals surface area contributed by atoms with Crippen molar-refractivity contribution in [3.63, 3.8) is 0 Å². The van der Waals surface area contributed by atoms with Crippen molar-refractivity contribution < 1.29 is 9.59 Å². The fourth-order valence-electron chi connectivity index (χ4n) is 3.37. The summed E-state index contributed by atoms with van der Waals surface area (Å²) in [4.78, 5) is 24.2. The summed E-state index contributed by atoms with van der Waals surface area (Å²) < 4.78 is 0. The number of benzene rings is 2. The number of nitrogens with one attached hydrogen (secondary N) is 1. The summed E-state index contributed by atoms with van der Waals surface area (Å²) in [6.07, 6.45) is 2.28. The van der Waals surface area contributed by atoms with Crippen molar-refractivity contribution in [1.82, 2.24) is 5.32 Å². The smallest absolute Gasteiger partial charge is 0.227 e. The van der Waals surface area contributed by atoms with E-state index in [9.17, 15) is 9.59 Å². The summed E-state index contributed by atoms with van der Waals surface area (Å²) in [7, 11) is 0. The predicted molar refractivity (Wildman–Crippen MR) is 115 cm³/mol. The molecule has 1 aliphatic rings. The first-order valence-corrected chi connectivity index (χ1v) is 9.98. The molecule has 1 atom stereocenters. The molecule has 3 heteroatoms. The van der Waals surface area contributed by atoms with Crippen molar-refractivity contribution in [2.45, 2.75) is 60.8 Å². The van der Waals surface area contributed by atoms with Crippen LogP contribution in [0.25, 0.3) is 10.8 Å². The van der Waals surface area contributed by atoms with E-state index < -0.39 is 0 Å². The fraction of sp³-hybridized carbons (Fsp3) is 0.417. The van der Waals surface area contributed by atoms with Crippen molar-refractivity contribution in [2.24, 2.45) is 5.92 Å². The topological polar surface area (TPSA) is 46.2 Å². The molecule has 2 aromatic carbocycles. The Bertz CT molecular complexity index is 820. The highest BCUT2D eigenvalue weighted by Crippen LogP contribution is 2.30. The number of piperidine rings is 1. The summed E-state index contributed by atoms with van der Waals surface area (Å²) >= 11 is 0. The molecular formula is C24H33NO2. The van der Waals surface area contributed by atoms with Gasteiger partial charge in [-0.3, -0.25) is 9.59 Å². The SMILES string of the molecule is C=C1CCC(Cc2ccc(C)c3cccc(C(C)=O)c23)C(=O)N1.CC.CC. The third-order valence-corrected chi connectivity index (χ3v) is 4.66. The highest BCUT2D eigenvalue weighted by molar-refractivity contribution is 6.09. The van der Waals surface area contributed by atoms with Crippen LogP contribution in [0, 0.1) is 12.8 Å². The number of carbonyl (C=O) groups is 2. The summed E-state index contributed by atoms with van der Waals surface area (Å²) in [6, 6.07) is 9.97. The Labute approximate surface area is 163 Å². The van der Waals surface area contributed by atoms with Crippen molar-refractivity contribution in [3.8, 4) is 0 Å². The van der Waals surface area contributed by atoms with Gasteiger partial charge in [0, 0.05) is 17.2 Å². The van der Waals surface area contributed by atoms with E-state index in [4.69, 9.17) is 0 Å². The highest BCUT2D eigenvalue weighted by atomic mass is 16.2. The van der Waals surface area contributed by atoms with Gasteiger partial charge >= 0.3 is 0 Å². The van der Waals surface area contributed by atoms with Gasteiger partial charge in [-0.1, -0.05) is 64.6 Å². The second-order valence-corrected chi connectivity index (χ2v) is 6.36. The molecule has 0 spiro atoms. The maximum absolute atomic E-state index is 12.2. The Kier molecular flexibility index (Phi) is 8.93. The summed E-state index contributed by atoms with van der Waals surface area (Å²) in [5.41, 5.74) is 3.75. The largest absolute Gasteiger partial charge is 0.330 e. The van der Waals surface area contributed by atoms with Gasteiger partial charge in [0.05, 0.1) is 0 Å². The number of aryl methyl sites for hydroxylation is 1. The van der Waals surface area contributed by atoms with Gasteiger partial charge in [-0.05, 0) is 55.0 Å². The lowest BCUT2D eigenvalue weighted by molar-refractivity contribution is -0.125. The van der Waals surface area contributed by atoms with E-state index in [0.29, 0.717) is 6.42 Å². The van der Waals surface area contributed by atoms with Crippen LogP contribution in [0.4, 0.5) is 0 Å². The molecule has 0 radical (unpaired) electrons. The van der Waals surface area contributed by atoms with E-state index in [2.05, 4.69) is 24.0 Å². The van der Waals surface area contributed by atoms with Crippen LogP contribution < -0.4 is 5.32 Å². The van der Waals surface area contributed by atoms with Crippen molar-refractivity contribution in [1.29, 1.82) is 0 Å². The maximum atomic E-state index is 12.2. The normalized spacial score (nSPS) is 15.9. The molecule has 1 heterocycles. The molecule has 1 aliphatic heterocycles. The summed E-state index contributed by atoms with van der Waals surface area (Å²) in [5.74, 6) is 0.0330. The summed E-state index contributed by atoms with van der Waals surface area (Å²) in [5, 5.41) is 4.94. The summed E-state index contributed by atoms with van der Waals surface area (Å²) in [6.45, 7) is 15.5. The molecule has 3 rings (SSSR count). The Morgan fingerprint density at radius 3 is 2.41 bits per heavy atom. The number of fused-ring (bicyclic) bond motifs is 1. The van der Waals surface area contributed by atoms with Crippen LogP contribution >= 0.6 is 0 Å². The first kappa shape index (κ1) is 22.6. The average Bonchev–Trinajstić information content (AvgIpc) is 2.68. The number of amides is 1. The molecular weight excluding hydrogens is 334 g/mol. The van der Waals surface area contributed by atoms with Gasteiger partial charge in [0.25, 0.3) is 0 Å². The maximum Gasteiger partial charge on any atom is 0.227 e. The Morgan fingerprint density at radius 1 is 1.15 bits per heavy atom. The zero-order chi connectivity index (χ0) is 20.6. The van der Waals surface area contributed by atoms with E-state index in [1.165, 1.54) is 0 Å². The molecule has 1 saturated heterocycles. The van der Waals surface area contributed by atoms with Gasteiger partial charge in [-0.2, -0.15) is 0 Å². The molecule has 0 aliphatic carbocycles. The number of hydrogen-bond acceptors (Lipinski definition) is 2. The monoisotopic (exact) mass is 367 g/mol. The minimum absolute atomic E-state index is 0.0373.